The zero-order chi connectivity index (χ0) is 14.8. The first-order valence-electron chi connectivity index (χ1n) is 7.45. The van der Waals surface area contributed by atoms with E-state index in [2.05, 4.69) is 17.2 Å². The number of benzene rings is 1. The highest BCUT2D eigenvalue weighted by Crippen LogP contribution is 2.35. The van der Waals surface area contributed by atoms with Crippen LogP contribution in [0.2, 0.25) is 0 Å². The molecule has 0 saturated carbocycles. The smallest absolute Gasteiger partial charge is 0.273 e. The highest BCUT2D eigenvalue weighted by Gasteiger charge is 2.24. The van der Waals surface area contributed by atoms with Crippen LogP contribution < -0.4 is 5.32 Å². The summed E-state index contributed by atoms with van der Waals surface area (Å²) in [5.74, 6) is 1.02. The molecule has 1 unspecified atom stereocenters. The summed E-state index contributed by atoms with van der Waals surface area (Å²) >= 11 is 1.74. The molecular formula is C15H19N3O2S. The van der Waals surface area contributed by atoms with Gasteiger partial charge in [-0.2, -0.15) is 0 Å². The molecule has 21 heavy (non-hydrogen) atoms. The van der Waals surface area contributed by atoms with E-state index >= 15 is 0 Å². The van der Waals surface area contributed by atoms with Crippen LogP contribution in [0.15, 0.2) is 17.1 Å². The summed E-state index contributed by atoms with van der Waals surface area (Å²) in [4.78, 5) is 15.5. The number of nitrogens with one attached hydrogen (secondary N) is 1. The van der Waals surface area contributed by atoms with Crippen molar-refractivity contribution in [2.45, 2.75) is 45.1 Å². The van der Waals surface area contributed by atoms with Gasteiger partial charge in [0.05, 0.1) is 11.0 Å². The molecule has 1 aliphatic heterocycles. The molecule has 1 aromatic carbocycles. The van der Waals surface area contributed by atoms with Crippen molar-refractivity contribution in [3.63, 3.8) is 0 Å². The van der Waals surface area contributed by atoms with Crippen molar-refractivity contribution in [1.29, 1.82) is 0 Å². The molecule has 3 rings (SSSR count). The number of fused-ring (bicyclic) bond motifs is 1. The number of nitrogens with zero attached hydrogens (tertiary/aromatic N) is 2. The average Bonchev–Trinajstić information content (AvgIpc) is 2.95. The third-order valence-corrected chi connectivity index (χ3v) is 5.16. The predicted molar refractivity (Wildman–Crippen MR) is 87.3 cm³/mol. The predicted octanol–water partition coefficient (Wildman–Crippen LogP) is 3.77. The van der Waals surface area contributed by atoms with E-state index in [-0.39, 0.29) is 10.6 Å². The van der Waals surface area contributed by atoms with Crippen molar-refractivity contribution in [2.75, 3.05) is 11.1 Å². The van der Waals surface area contributed by atoms with Gasteiger partial charge in [-0.15, -0.1) is 0 Å². The van der Waals surface area contributed by atoms with E-state index < -0.39 is 0 Å². The largest absolute Gasteiger partial charge is 0.335 e. The molecule has 0 fully saturated rings. The SMILES string of the molecule is CCC1CSC(Nc2ccc([N+](=O)[O-])c3c2CCCC3)=N1. The fourth-order valence-electron chi connectivity index (χ4n) is 2.95. The third-order valence-electron chi connectivity index (χ3n) is 4.13. The molecule has 0 radical (unpaired) electrons. The van der Waals surface area contributed by atoms with E-state index in [1.807, 2.05) is 6.07 Å². The first-order chi connectivity index (χ1) is 10.2. The lowest BCUT2D eigenvalue weighted by atomic mass is 9.89. The molecule has 0 spiro atoms. The summed E-state index contributed by atoms with van der Waals surface area (Å²) in [7, 11) is 0. The molecule has 6 heteroatoms. The van der Waals surface area contributed by atoms with Gasteiger partial charge in [-0.25, -0.2) is 0 Å². The average molecular weight is 305 g/mol. The van der Waals surface area contributed by atoms with Crippen molar-refractivity contribution >= 4 is 28.3 Å². The monoisotopic (exact) mass is 305 g/mol. The minimum absolute atomic E-state index is 0.261. The van der Waals surface area contributed by atoms with Gasteiger partial charge >= 0.3 is 0 Å². The van der Waals surface area contributed by atoms with Gasteiger partial charge in [0.1, 0.15) is 0 Å². The minimum Gasteiger partial charge on any atom is -0.335 e. The van der Waals surface area contributed by atoms with Crippen molar-refractivity contribution < 1.29 is 4.92 Å². The Kier molecular flexibility index (Phi) is 4.14. The maximum absolute atomic E-state index is 11.2. The Labute approximate surface area is 128 Å². The molecular weight excluding hydrogens is 286 g/mol. The first kappa shape index (κ1) is 14.4. The van der Waals surface area contributed by atoms with Crippen LogP contribution in [0, 0.1) is 10.1 Å². The number of aliphatic imine (C=N–C) groups is 1. The summed E-state index contributed by atoms with van der Waals surface area (Å²) in [5.41, 5.74) is 3.28. The number of hydrogen-bond donors (Lipinski definition) is 1. The fourth-order valence-corrected chi connectivity index (χ4v) is 4.01. The van der Waals surface area contributed by atoms with Crippen molar-refractivity contribution in [3.8, 4) is 0 Å². The third kappa shape index (κ3) is 2.90. The number of nitro benzene ring substituents is 1. The van der Waals surface area contributed by atoms with Crippen molar-refractivity contribution in [3.05, 3.63) is 33.4 Å². The minimum atomic E-state index is -0.261. The Morgan fingerprint density at radius 3 is 2.81 bits per heavy atom. The lowest BCUT2D eigenvalue weighted by molar-refractivity contribution is -0.385. The molecule has 0 aromatic heterocycles. The number of anilines is 1. The molecule has 0 amide bonds. The maximum atomic E-state index is 11.2. The van der Waals surface area contributed by atoms with E-state index in [9.17, 15) is 10.1 Å². The Morgan fingerprint density at radius 1 is 1.38 bits per heavy atom. The highest BCUT2D eigenvalue weighted by molar-refractivity contribution is 8.14. The lowest BCUT2D eigenvalue weighted by Crippen LogP contribution is -2.13. The van der Waals surface area contributed by atoms with Gasteiger partial charge in [0.2, 0.25) is 0 Å². The van der Waals surface area contributed by atoms with Gasteiger partial charge in [0, 0.05) is 23.1 Å². The summed E-state index contributed by atoms with van der Waals surface area (Å²) in [6.07, 6.45) is 4.90. The fraction of sp³-hybridized carbons (Fsp3) is 0.533. The van der Waals surface area contributed by atoms with Gasteiger partial charge in [-0.1, -0.05) is 18.7 Å². The Morgan fingerprint density at radius 2 is 2.14 bits per heavy atom. The highest BCUT2D eigenvalue weighted by atomic mass is 32.2. The Bertz CT molecular complexity index is 601. The topological polar surface area (TPSA) is 67.5 Å². The number of hydrogen-bond acceptors (Lipinski definition) is 5. The standard InChI is InChI=1S/C15H19N3O2S/c1-2-10-9-21-15(16-10)17-13-7-8-14(18(19)20)12-6-4-3-5-11(12)13/h7-8,10H,2-6,9H2,1H3,(H,16,17). The van der Waals surface area contributed by atoms with Crippen LogP contribution in [0.5, 0.6) is 0 Å². The molecule has 1 atom stereocenters. The molecule has 5 nitrogen and oxygen atoms in total. The first-order valence-corrected chi connectivity index (χ1v) is 8.44. The number of rotatable bonds is 3. The second kappa shape index (κ2) is 6.05. The molecule has 1 N–H and O–H groups in total. The van der Waals surface area contributed by atoms with E-state index in [1.54, 1.807) is 17.8 Å². The van der Waals surface area contributed by atoms with E-state index in [4.69, 9.17) is 0 Å². The van der Waals surface area contributed by atoms with Crippen molar-refractivity contribution in [2.24, 2.45) is 4.99 Å². The second-order valence-corrected chi connectivity index (χ2v) is 6.49. The molecule has 112 valence electrons. The molecule has 1 aromatic rings. The summed E-state index contributed by atoms with van der Waals surface area (Å²) in [6.45, 7) is 2.14. The molecule has 1 heterocycles. The second-order valence-electron chi connectivity index (χ2n) is 5.49. The van der Waals surface area contributed by atoms with Crippen LogP contribution in [0.25, 0.3) is 0 Å². The van der Waals surface area contributed by atoms with Gasteiger partial charge < -0.3 is 5.32 Å². The van der Waals surface area contributed by atoms with E-state index in [0.29, 0.717) is 6.04 Å². The van der Waals surface area contributed by atoms with E-state index in [0.717, 1.165) is 59.8 Å². The normalized spacial score (nSPS) is 20.8. The number of thioether (sulfide) groups is 1. The molecule has 0 saturated heterocycles. The van der Waals surface area contributed by atoms with Gasteiger partial charge in [0.15, 0.2) is 5.17 Å². The maximum Gasteiger partial charge on any atom is 0.273 e. The summed E-state index contributed by atoms with van der Waals surface area (Å²) in [5, 5.41) is 15.5. The molecule has 0 bridgehead atoms. The van der Waals surface area contributed by atoms with Gasteiger partial charge in [0.25, 0.3) is 5.69 Å². The Hall–Kier alpha value is -1.56. The van der Waals surface area contributed by atoms with Crippen LogP contribution in [0.1, 0.15) is 37.3 Å². The zero-order valence-corrected chi connectivity index (χ0v) is 12.9. The van der Waals surface area contributed by atoms with Gasteiger partial charge in [-0.3, -0.25) is 15.1 Å². The number of nitro groups is 1. The van der Waals surface area contributed by atoms with E-state index in [1.165, 1.54) is 0 Å². The van der Waals surface area contributed by atoms with Crippen molar-refractivity contribution in [1.82, 2.24) is 0 Å². The molecule has 2 aliphatic rings. The zero-order valence-electron chi connectivity index (χ0n) is 12.1. The lowest BCUT2D eigenvalue weighted by Gasteiger charge is -2.20. The van der Waals surface area contributed by atoms with Crippen LogP contribution in [0.4, 0.5) is 11.4 Å². The van der Waals surface area contributed by atoms with Gasteiger partial charge in [-0.05, 0) is 43.7 Å². The van der Waals surface area contributed by atoms with Crippen LogP contribution >= 0.6 is 11.8 Å². The van der Waals surface area contributed by atoms with Crippen LogP contribution in [0.3, 0.4) is 0 Å². The summed E-state index contributed by atoms with van der Waals surface area (Å²) in [6, 6.07) is 3.86. The Balaban J connectivity index is 1.91. The van der Waals surface area contributed by atoms with Crippen LogP contribution in [-0.2, 0) is 12.8 Å². The summed E-state index contributed by atoms with van der Waals surface area (Å²) < 4.78 is 0. The van der Waals surface area contributed by atoms with Crippen LogP contribution in [-0.4, -0.2) is 21.9 Å². The number of amidine groups is 1. The quantitative estimate of drug-likeness (QED) is 0.682. The molecule has 1 aliphatic carbocycles.